The number of carbonyl (C=O) groups is 1. The number of nitro groups is 1. The highest BCUT2D eigenvalue weighted by Gasteiger charge is 2.19. The van der Waals surface area contributed by atoms with Crippen molar-refractivity contribution >= 4 is 28.4 Å². The normalized spacial score (nSPS) is 11.2. The first kappa shape index (κ1) is 15.7. The maximum atomic E-state index is 11.4. The Hall–Kier alpha value is -3.21. The molecule has 1 aromatic heterocycles. The lowest BCUT2D eigenvalue weighted by Crippen LogP contribution is -1.92. The summed E-state index contributed by atoms with van der Waals surface area (Å²) in [5.41, 5.74) is 3.90. The van der Waals surface area contributed by atoms with Gasteiger partial charge in [0, 0.05) is 22.5 Å². The summed E-state index contributed by atoms with van der Waals surface area (Å²) in [7, 11) is 0. The molecule has 0 saturated carbocycles. The number of allylic oxidation sites excluding steroid dienone is 1. The molecule has 0 atom stereocenters. The van der Waals surface area contributed by atoms with Crippen LogP contribution in [0.3, 0.4) is 0 Å². The number of aromatic amines is 1. The first-order valence-corrected chi connectivity index (χ1v) is 7.52. The summed E-state index contributed by atoms with van der Waals surface area (Å²) in [6.07, 6.45) is 3.18. The maximum Gasteiger partial charge on any atom is 0.278 e. The lowest BCUT2D eigenvalue weighted by molar-refractivity contribution is -0.384. The van der Waals surface area contributed by atoms with Crippen molar-refractivity contribution in [3.05, 3.63) is 69.8 Å². The number of hydrogen-bond donors (Lipinski definition) is 1. The largest absolute Gasteiger partial charge is 0.354 e. The number of ketones is 1. The third-order valence-corrected chi connectivity index (χ3v) is 3.85. The molecule has 3 rings (SSSR count). The SMILES string of the molecule is CC(=O)/C=C/c1c(-c2ccccc2[N+](=O)[O-])[nH]c2cc(C)ccc12. The molecule has 0 aliphatic rings. The summed E-state index contributed by atoms with van der Waals surface area (Å²) in [5, 5.41) is 12.3. The molecule has 120 valence electrons. The lowest BCUT2D eigenvalue weighted by Gasteiger charge is -2.02. The number of fused-ring (bicyclic) bond motifs is 1. The third-order valence-electron chi connectivity index (χ3n) is 3.85. The van der Waals surface area contributed by atoms with Crippen LogP contribution in [-0.4, -0.2) is 15.7 Å². The maximum absolute atomic E-state index is 11.4. The summed E-state index contributed by atoms with van der Waals surface area (Å²) in [5.74, 6) is -0.0787. The average Bonchev–Trinajstić information content (AvgIpc) is 2.90. The molecule has 2 aromatic carbocycles. The van der Waals surface area contributed by atoms with Crippen LogP contribution in [0.1, 0.15) is 18.1 Å². The van der Waals surface area contributed by atoms with Crippen LogP contribution >= 0.6 is 0 Å². The van der Waals surface area contributed by atoms with E-state index in [1.807, 2.05) is 25.1 Å². The number of para-hydroxylation sites is 1. The molecule has 3 aromatic rings. The van der Waals surface area contributed by atoms with Crippen LogP contribution in [0.25, 0.3) is 28.2 Å². The molecule has 0 bridgehead atoms. The topological polar surface area (TPSA) is 76.0 Å². The van der Waals surface area contributed by atoms with E-state index in [9.17, 15) is 14.9 Å². The van der Waals surface area contributed by atoms with Gasteiger partial charge in [0.25, 0.3) is 5.69 Å². The highest BCUT2D eigenvalue weighted by Crippen LogP contribution is 2.36. The smallest absolute Gasteiger partial charge is 0.278 e. The number of nitrogens with zero attached hydrogens (tertiary/aromatic N) is 1. The minimum atomic E-state index is -0.398. The zero-order chi connectivity index (χ0) is 17.3. The molecule has 0 unspecified atom stereocenters. The molecule has 0 amide bonds. The lowest BCUT2D eigenvalue weighted by atomic mass is 10.0. The van der Waals surface area contributed by atoms with Gasteiger partial charge in [0.05, 0.1) is 16.2 Å². The average molecular weight is 320 g/mol. The number of rotatable bonds is 4. The van der Waals surface area contributed by atoms with E-state index in [2.05, 4.69) is 4.98 Å². The van der Waals surface area contributed by atoms with Gasteiger partial charge in [-0.25, -0.2) is 0 Å². The first-order valence-electron chi connectivity index (χ1n) is 7.52. The van der Waals surface area contributed by atoms with E-state index >= 15 is 0 Å². The molecular formula is C19H16N2O3. The monoisotopic (exact) mass is 320 g/mol. The molecule has 0 spiro atoms. The molecule has 0 fully saturated rings. The summed E-state index contributed by atoms with van der Waals surface area (Å²) < 4.78 is 0. The fraction of sp³-hybridized carbons (Fsp3) is 0.105. The second-order valence-corrected chi connectivity index (χ2v) is 5.68. The number of benzene rings is 2. The van der Waals surface area contributed by atoms with Gasteiger partial charge in [-0.1, -0.05) is 24.3 Å². The number of hydrogen-bond acceptors (Lipinski definition) is 3. The van der Waals surface area contributed by atoms with Crippen LogP contribution in [0.15, 0.2) is 48.5 Å². The second-order valence-electron chi connectivity index (χ2n) is 5.68. The van der Waals surface area contributed by atoms with Crippen molar-refractivity contribution in [2.45, 2.75) is 13.8 Å². The van der Waals surface area contributed by atoms with Crippen LogP contribution in [0, 0.1) is 17.0 Å². The van der Waals surface area contributed by atoms with Crippen LogP contribution in [0.5, 0.6) is 0 Å². The van der Waals surface area contributed by atoms with E-state index in [1.165, 1.54) is 19.1 Å². The summed E-state index contributed by atoms with van der Waals surface area (Å²) in [6, 6.07) is 12.5. The molecule has 24 heavy (non-hydrogen) atoms. The van der Waals surface area contributed by atoms with E-state index in [4.69, 9.17) is 0 Å². The molecule has 0 aliphatic carbocycles. The highest BCUT2D eigenvalue weighted by atomic mass is 16.6. The molecule has 1 heterocycles. The fourth-order valence-corrected chi connectivity index (χ4v) is 2.76. The molecule has 0 saturated heterocycles. The minimum Gasteiger partial charge on any atom is -0.354 e. The van der Waals surface area contributed by atoms with Gasteiger partial charge in [0.15, 0.2) is 5.78 Å². The Morgan fingerprint density at radius 1 is 1.21 bits per heavy atom. The number of nitrogens with one attached hydrogen (secondary N) is 1. The van der Waals surface area contributed by atoms with Crippen LogP contribution in [-0.2, 0) is 4.79 Å². The van der Waals surface area contributed by atoms with Gasteiger partial charge in [-0.15, -0.1) is 0 Å². The number of carbonyl (C=O) groups excluding carboxylic acids is 1. The van der Waals surface area contributed by atoms with Gasteiger partial charge in [0.1, 0.15) is 0 Å². The molecule has 5 nitrogen and oxygen atoms in total. The highest BCUT2D eigenvalue weighted by molar-refractivity contribution is 6.01. The van der Waals surface area contributed by atoms with Crippen molar-refractivity contribution in [3.8, 4) is 11.3 Å². The van der Waals surface area contributed by atoms with Crippen molar-refractivity contribution in [3.63, 3.8) is 0 Å². The molecule has 5 heteroatoms. The quantitative estimate of drug-likeness (QED) is 0.432. The second kappa shape index (κ2) is 6.12. The Balaban J connectivity index is 2.33. The number of H-pyrrole nitrogens is 1. The van der Waals surface area contributed by atoms with Gasteiger partial charge < -0.3 is 4.98 Å². The number of aryl methyl sites for hydroxylation is 1. The Kier molecular flexibility index (Phi) is 4.00. The fourth-order valence-electron chi connectivity index (χ4n) is 2.76. The predicted octanol–water partition coefficient (Wildman–Crippen LogP) is 4.65. The van der Waals surface area contributed by atoms with Crippen molar-refractivity contribution < 1.29 is 9.72 Å². The van der Waals surface area contributed by atoms with Crippen LogP contribution in [0.4, 0.5) is 5.69 Å². The Morgan fingerprint density at radius 2 is 1.96 bits per heavy atom. The Labute approximate surface area is 138 Å². The number of aromatic nitrogens is 1. The van der Waals surface area contributed by atoms with E-state index in [-0.39, 0.29) is 11.5 Å². The summed E-state index contributed by atoms with van der Waals surface area (Å²) in [6.45, 7) is 3.45. The molecule has 1 N–H and O–H groups in total. The third kappa shape index (κ3) is 2.84. The molecular weight excluding hydrogens is 304 g/mol. The van der Waals surface area contributed by atoms with Gasteiger partial charge in [-0.05, 0) is 43.7 Å². The van der Waals surface area contributed by atoms with Gasteiger partial charge in [-0.3, -0.25) is 14.9 Å². The minimum absolute atomic E-state index is 0.0262. The van der Waals surface area contributed by atoms with E-state index in [0.717, 1.165) is 22.0 Å². The summed E-state index contributed by atoms with van der Waals surface area (Å²) in [4.78, 5) is 25.6. The standard InChI is InChI=1S/C19H16N2O3/c1-12-7-9-14-15(10-8-13(2)22)19(20-17(14)11-12)16-5-3-4-6-18(16)21(23)24/h3-11,20H,1-2H3/b10-8+. The summed E-state index contributed by atoms with van der Waals surface area (Å²) >= 11 is 0. The van der Waals surface area contributed by atoms with Gasteiger partial charge >= 0.3 is 0 Å². The van der Waals surface area contributed by atoms with Crippen molar-refractivity contribution in [2.24, 2.45) is 0 Å². The Morgan fingerprint density at radius 3 is 2.67 bits per heavy atom. The molecule has 0 radical (unpaired) electrons. The van der Waals surface area contributed by atoms with Crippen molar-refractivity contribution in [1.82, 2.24) is 4.98 Å². The van der Waals surface area contributed by atoms with E-state index < -0.39 is 4.92 Å². The van der Waals surface area contributed by atoms with Crippen LogP contribution in [0.2, 0.25) is 0 Å². The van der Waals surface area contributed by atoms with Crippen molar-refractivity contribution in [1.29, 1.82) is 0 Å². The van der Waals surface area contributed by atoms with E-state index in [0.29, 0.717) is 11.3 Å². The first-order chi connectivity index (χ1) is 11.5. The predicted molar refractivity (Wildman–Crippen MR) is 94.8 cm³/mol. The zero-order valence-corrected chi connectivity index (χ0v) is 13.4. The van der Waals surface area contributed by atoms with E-state index in [1.54, 1.807) is 24.3 Å². The van der Waals surface area contributed by atoms with Crippen molar-refractivity contribution in [2.75, 3.05) is 0 Å². The number of nitro benzene ring substituents is 1. The van der Waals surface area contributed by atoms with Gasteiger partial charge in [-0.2, -0.15) is 0 Å². The van der Waals surface area contributed by atoms with Gasteiger partial charge in [0.2, 0.25) is 0 Å². The Bertz CT molecular complexity index is 983. The zero-order valence-electron chi connectivity index (χ0n) is 13.4. The van der Waals surface area contributed by atoms with Crippen LogP contribution < -0.4 is 0 Å². The molecule has 0 aliphatic heterocycles.